The lowest BCUT2D eigenvalue weighted by Gasteiger charge is -2.17. The van der Waals surface area contributed by atoms with Gasteiger partial charge in [0.15, 0.2) is 5.11 Å². The van der Waals surface area contributed by atoms with Gasteiger partial charge in [0, 0.05) is 6.07 Å². The van der Waals surface area contributed by atoms with E-state index in [0.717, 1.165) is 11.3 Å². The maximum absolute atomic E-state index is 12.9. The first-order valence-corrected chi connectivity index (χ1v) is 6.82. The number of rotatable bonds is 4. The van der Waals surface area contributed by atoms with Crippen molar-refractivity contribution in [2.75, 3.05) is 12.4 Å². The first-order valence-electron chi connectivity index (χ1n) is 6.41. The number of hydrogen-bond acceptors (Lipinski definition) is 3. The van der Waals surface area contributed by atoms with E-state index in [4.69, 9.17) is 17.0 Å². The summed E-state index contributed by atoms with van der Waals surface area (Å²) in [6, 6.07) is 9.84. The Balaban J connectivity index is 1.92. The molecule has 110 valence electrons. The molecule has 6 heteroatoms. The SMILES string of the molecule is COc1ccc(NC(=S)N[C@H](C)c2ccc(F)cc2)cn1. The Morgan fingerprint density at radius 2 is 1.95 bits per heavy atom. The molecule has 0 fully saturated rings. The molecule has 0 aliphatic carbocycles. The highest BCUT2D eigenvalue weighted by Crippen LogP contribution is 2.14. The minimum absolute atomic E-state index is 0.0307. The topological polar surface area (TPSA) is 46.2 Å². The van der Waals surface area contributed by atoms with Gasteiger partial charge >= 0.3 is 0 Å². The third-order valence-electron chi connectivity index (χ3n) is 2.92. The first kappa shape index (κ1) is 15.2. The number of hydrogen-bond donors (Lipinski definition) is 2. The van der Waals surface area contributed by atoms with Gasteiger partial charge in [-0.1, -0.05) is 12.1 Å². The molecular weight excluding hydrogens is 289 g/mol. The molecule has 1 aromatic carbocycles. The summed E-state index contributed by atoms with van der Waals surface area (Å²) in [7, 11) is 1.56. The quantitative estimate of drug-likeness (QED) is 0.849. The minimum atomic E-state index is -0.254. The summed E-state index contributed by atoms with van der Waals surface area (Å²) in [5, 5.41) is 6.64. The maximum Gasteiger partial charge on any atom is 0.213 e. The van der Waals surface area contributed by atoms with Crippen LogP contribution >= 0.6 is 12.2 Å². The molecule has 2 rings (SSSR count). The monoisotopic (exact) mass is 305 g/mol. The zero-order valence-corrected chi connectivity index (χ0v) is 12.6. The number of anilines is 1. The van der Waals surface area contributed by atoms with Crippen LogP contribution in [-0.4, -0.2) is 17.2 Å². The van der Waals surface area contributed by atoms with Gasteiger partial charge in [-0.15, -0.1) is 0 Å². The Kier molecular flexibility index (Phi) is 5.05. The summed E-state index contributed by atoms with van der Waals surface area (Å²) in [5.41, 5.74) is 1.72. The fourth-order valence-corrected chi connectivity index (χ4v) is 2.07. The van der Waals surface area contributed by atoms with Crippen molar-refractivity contribution in [1.82, 2.24) is 10.3 Å². The molecule has 4 nitrogen and oxygen atoms in total. The van der Waals surface area contributed by atoms with Gasteiger partial charge in [0.1, 0.15) is 5.82 Å². The second-order valence-electron chi connectivity index (χ2n) is 4.46. The Hall–Kier alpha value is -2.21. The standard InChI is InChI=1S/C15H16FN3OS/c1-10(11-3-5-12(16)6-4-11)18-15(21)19-13-7-8-14(20-2)17-9-13/h3-10H,1-2H3,(H2,18,19,21)/t10-/m1/s1. The number of nitrogens with one attached hydrogen (secondary N) is 2. The lowest BCUT2D eigenvalue weighted by molar-refractivity contribution is 0.398. The number of halogens is 1. The summed E-state index contributed by atoms with van der Waals surface area (Å²) >= 11 is 5.24. The summed E-state index contributed by atoms with van der Waals surface area (Å²) in [6.45, 7) is 1.95. The predicted molar refractivity (Wildman–Crippen MR) is 85.0 cm³/mol. The van der Waals surface area contributed by atoms with Crippen LogP contribution in [0.5, 0.6) is 5.88 Å². The number of ether oxygens (including phenoxy) is 1. The van der Waals surface area contributed by atoms with Gasteiger partial charge in [0.05, 0.1) is 25.0 Å². The van der Waals surface area contributed by atoms with E-state index >= 15 is 0 Å². The van der Waals surface area contributed by atoms with E-state index in [1.165, 1.54) is 12.1 Å². The van der Waals surface area contributed by atoms with Crippen LogP contribution in [0.3, 0.4) is 0 Å². The van der Waals surface area contributed by atoms with E-state index in [2.05, 4.69) is 15.6 Å². The van der Waals surface area contributed by atoms with Gasteiger partial charge in [-0.3, -0.25) is 0 Å². The van der Waals surface area contributed by atoms with Crippen molar-refractivity contribution in [3.63, 3.8) is 0 Å². The van der Waals surface area contributed by atoms with Crippen molar-refractivity contribution in [3.8, 4) is 5.88 Å². The van der Waals surface area contributed by atoms with Crippen LogP contribution in [0.15, 0.2) is 42.6 Å². The highest BCUT2D eigenvalue weighted by molar-refractivity contribution is 7.80. The van der Waals surface area contributed by atoms with Crippen molar-refractivity contribution >= 4 is 23.0 Å². The highest BCUT2D eigenvalue weighted by atomic mass is 32.1. The molecule has 0 saturated heterocycles. The molecule has 0 bridgehead atoms. The van der Waals surface area contributed by atoms with Crippen molar-refractivity contribution in [2.24, 2.45) is 0 Å². The molecule has 0 spiro atoms. The van der Waals surface area contributed by atoms with Crippen LogP contribution in [0, 0.1) is 5.82 Å². The van der Waals surface area contributed by atoms with Crippen LogP contribution in [0.25, 0.3) is 0 Å². The van der Waals surface area contributed by atoms with E-state index < -0.39 is 0 Å². The summed E-state index contributed by atoms with van der Waals surface area (Å²) < 4.78 is 17.9. The van der Waals surface area contributed by atoms with Crippen molar-refractivity contribution in [1.29, 1.82) is 0 Å². The van der Waals surface area contributed by atoms with Crippen LogP contribution in [0.2, 0.25) is 0 Å². The van der Waals surface area contributed by atoms with E-state index in [-0.39, 0.29) is 11.9 Å². The van der Waals surface area contributed by atoms with Gasteiger partial charge < -0.3 is 15.4 Å². The molecule has 2 N–H and O–H groups in total. The Bertz CT molecular complexity index is 601. The summed E-state index contributed by atoms with van der Waals surface area (Å²) in [5.74, 6) is 0.287. The number of nitrogens with zero attached hydrogens (tertiary/aromatic N) is 1. The molecule has 0 radical (unpaired) electrons. The average Bonchev–Trinajstić information content (AvgIpc) is 2.48. The zero-order valence-electron chi connectivity index (χ0n) is 11.8. The third-order valence-corrected chi connectivity index (χ3v) is 3.14. The zero-order chi connectivity index (χ0) is 15.2. The molecule has 0 unspecified atom stereocenters. The van der Waals surface area contributed by atoms with Crippen LogP contribution in [0.1, 0.15) is 18.5 Å². The van der Waals surface area contributed by atoms with Crippen LogP contribution in [0.4, 0.5) is 10.1 Å². The molecule has 0 saturated carbocycles. The van der Waals surface area contributed by atoms with Crippen molar-refractivity contribution in [2.45, 2.75) is 13.0 Å². The third kappa shape index (κ3) is 4.39. The normalized spacial score (nSPS) is 11.6. The van der Waals surface area contributed by atoms with Gasteiger partial charge in [0.25, 0.3) is 0 Å². The smallest absolute Gasteiger partial charge is 0.213 e. The molecule has 0 aliphatic rings. The summed E-state index contributed by atoms with van der Waals surface area (Å²) in [6.07, 6.45) is 1.63. The molecule has 1 aromatic heterocycles. The molecule has 2 aromatic rings. The highest BCUT2D eigenvalue weighted by Gasteiger charge is 2.07. The number of thiocarbonyl (C=S) groups is 1. The average molecular weight is 305 g/mol. The minimum Gasteiger partial charge on any atom is -0.481 e. The van der Waals surface area contributed by atoms with E-state index in [0.29, 0.717) is 11.0 Å². The van der Waals surface area contributed by atoms with Crippen LogP contribution < -0.4 is 15.4 Å². The second kappa shape index (κ2) is 6.99. The van der Waals surface area contributed by atoms with Crippen molar-refractivity contribution < 1.29 is 9.13 Å². The molecular formula is C15H16FN3OS. The first-order chi connectivity index (χ1) is 10.1. The molecule has 21 heavy (non-hydrogen) atoms. The van der Waals surface area contributed by atoms with Crippen LogP contribution in [-0.2, 0) is 0 Å². The number of benzene rings is 1. The fourth-order valence-electron chi connectivity index (χ4n) is 1.77. The summed E-state index contributed by atoms with van der Waals surface area (Å²) in [4.78, 5) is 4.08. The van der Waals surface area contributed by atoms with Crippen molar-refractivity contribution in [3.05, 3.63) is 54.0 Å². The predicted octanol–water partition coefficient (Wildman–Crippen LogP) is 3.28. The Morgan fingerprint density at radius 3 is 2.52 bits per heavy atom. The maximum atomic E-state index is 12.9. The molecule has 1 heterocycles. The van der Waals surface area contributed by atoms with E-state index in [9.17, 15) is 4.39 Å². The van der Waals surface area contributed by atoms with E-state index in [1.54, 1.807) is 31.5 Å². The van der Waals surface area contributed by atoms with Gasteiger partial charge in [0.2, 0.25) is 5.88 Å². The molecule has 0 amide bonds. The fraction of sp³-hybridized carbons (Fsp3) is 0.200. The van der Waals surface area contributed by atoms with Gasteiger partial charge in [-0.25, -0.2) is 9.37 Å². The number of pyridine rings is 1. The number of aromatic nitrogens is 1. The lowest BCUT2D eigenvalue weighted by Crippen LogP contribution is -2.30. The lowest BCUT2D eigenvalue weighted by atomic mass is 10.1. The Morgan fingerprint density at radius 1 is 1.24 bits per heavy atom. The van der Waals surface area contributed by atoms with E-state index in [1.807, 2.05) is 13.0 Å². The van der Waals surface area contributed by atoms with Gasteiger partial charge in [-0.05, 0) is 42.9 Å². The largest absolute Gasteiger partial charge is 0.481 e. The van der Waals surface area contributed by atoms with Gasteiger partial charge in [-0.2, -0.15) is 0 Å². The Labute approximate surface area is 128 Å². The molecule has 0 aliphatic heterocycles. The molecule has 1 atom stereocenters. The second-order valence-corrected chi connectivity index (χ2v) is 4.87. The number of methoxy groups -OCH3 is 1.